The molecule has 116 valence electrons. The standard InChI is InChI=1S/C14H12F3N3O2/c1-13(2)12(21)19-10-4-3-8(5-11(10)22-13)9-6-18-20(7-9)14(15,16)17/h3-7H,1-2H3,(H,19,21). The van der Waals surface area contributed by atoms with Crippen LogP contribution in [0.15, 0.2) is 30.6 Å². The van der Waals surface area contributed by atoms with Gasteiger partial charge in [-0.25, -0.2) is 0 Å². The molecule has 0 saturated carbocycles. The Kier molecular flexibility index (Phi) is 2.95. The van der Waals surface area contributed by atoms with Gasteiger partial charge in [0.1, 0.15) is 5.75 Å². The lowest BCUT2D eigenvalue weighted by Crippen LogP contribution is -2.45. The average Bonchev–Trinajstić information content (AvgIpc) is 2.88. The van der Waals surface area contributed by atoms with Gasteiger partial charge in [0.05, 0.1) is 11.9 Å². The van der Waals surface area contributed by atoms with Gasteiger partial charge in [0.25, 0.3) is 5.91 Å². The van der Waals surface area contributed by atoms with Gasteiger partial charge in [0.15, 0.2) is 5.60 Å². The summed E-state index contributed by atoms with van der Waals surface area (Å²) in [6, 6.07) is 4.76. The largest absolute Gasteiger partial charge is 0.504 e. The molecule has 1 amide bonds. The van der Waals surface area contributed by atoms with Crippen LogP contribution >= 0.6 is 0 Å². The summed E-state index contributed by atoms with van der Waals surface area (Å²) in [6.07, 6.45) is -2.53. The molecule has 2 aromatic rings. The second-order valence-electron chi connectivity index (χ2n) is 5.42. The third kappa shape index (κ3) is 2.40. The van der Waals surface area contributed by atoms with Crippen molar-refractivity contribution >= 4 is 11.6 Å². The van der Waals surface area contributed by atoms with Crippen LogP contribution in [0.3, 0.4) is 0 Å². The molecule has 2 heterocycles. The summed E-state index contributed by atoms with van der Waals surface area (Å²) in [5.74, 6) is 0.125. The Morgan fingerprint density at radius 2 is 2.00 bits per heavy atom. The molecular weight excluding hydrogens is 299 g/mol. The lowest BCUT2D eigenvalue weighted by Gasteiger charge is -2.31. The van der Waals surface area contributed by atoms with E-state index in [4.69, 9.17) is 4.74 Å². The number of nitrogens with one attached hydrogen (secondary N) is 1. The molecule has 0 unspecified atom stereocenters. The van der Waals surface area contributed by atoms with Gasteiger partial charge < -0.3 is 10.1 Å². The number of carbonyl (C=O) groups is 1. The lowest BCUT2D eigenvalue weighted by molar-refractivity contribution is -0.212. The number of carbonyl (C=O) groups excluding carboxylic acids is 1. The van der Waals surface area contributed by atoms with Crippen molar-refractivity contribution in [3.8, 4) is 16.9 Å². The molecule has 1 aromatic carbocycles. The van der Waals surface area contributed by atoms with E-state index in [1.54, 1.807) is 32.0 Å². The van der Waals surface area contributed by atoms with Crippen molar-refractivity contribution in [2.24, 2.45) is 0 Å². The Balaban J connectivity index is 1.98. The molecule has 0 bridgehead atoms. The van der Waals surface area contributed by atoms with Crippen molar-refractivity contribution in [3.63, 3.8) is 0 Å². The Labute approximate surface area is 123 Å². The van der Waals surface area contributed by atoms with E-state index < -0.39 is 11.9 Å². The van der Waals surface area contributed by atoms with E-state index in [1.807, 2.05) is 0 Å². The summed E-state index contributed by atoms with van der Waals surface area (Å²) in [7, 11) is 0. The number of hydrogen-bond donors (Lipinski definition) is 1. The molecule has 0 spiro atoms. The number of amides is 1. The number of benzene rings is 1. The van der Waals surface area contributed by atoms with Crippen LogP contribution in [0.1, 0.15) is 13.8 Å². The minimum Gasteiger partial charge on any atom is -0.476 e. The Morgan fingerprint density at radius 3 is 2.64 bits per heavy atom. The number of rotatable bonds is 1. The molecule has 1 aromatic heterocycles. The van der Waals surface area contributed by atoms with Crippen molar-refractivity contribution in [2.45, 2.75) is 25.7 Å². The van der Waals surface area contributed by atoms with Crippen LogP contribution in [-0.4, -0.2) is 21.3 Å². The maximum atomic E-state index is 12.6. The van der Waals surface area contributed by atoms with Gasteiger partial charge in [-0.15, -0.1) is 13.2 Å². The maximum absolute atomic E-state index is 12.6. The van der Waals surface area contributed by atoms with E-state index in [0.29, 0.717) is 22.6 Å². The van der Waals surface area contributed by atoms with Crippen molar-refractivity contribution in [2.75, 3.05) is 5.32 Å². The first-order valence-corrected chi connectivity index (χ1v) is 6.43. The number of anilines is 1. The van der Waals surface area contributed by atoms with Gasteiger partial charge in [-0.1, -0.05) is 6.07 Å². The predicted molar refractivity (Wildman–Crippen MR) is 72.3 cm³/mol. The van der Waals surface area contributed by atoms with Crippen molar-refractivity contribution in [3.05, 3.63) is 30.6 Å². The molecule has 1 aliphatic heterocycles. The van der Waals surface area contributed by atoms with Gasteiger partial charge in [0, 0.05) is 11.8 Å². The first-order chi connectivity index (χ1) is 10.2. The summed E-state index contributed by atoms with van der Waals surface area (Å²) in [5.41, 5.74) is 0.262. The molecule has 8 heteroatoms. The number of nitrogens with zero attached hydrogens (tertiary/aromatic N) is 2. The first-order valence-electron chi connectivity index (χ1n) is 6.43. The summed E-state index contributed by atoms with van der Waals surface area (Å²) in [4.78, 5) is 11.8. The highest BCUT2D eigenvalue weighted by molar-refractivity contribution is 6.00. The summed E-state index contributed by atoms with van der Waals surface area (Å²) >= 11 is 0. The fourth-order valence-electron chi connectivity index (χ4n) is 2.09. The highest BCUT2D eigenvalue weighted by atomic mass is 19.4. The number of hydrogen-bond acceptors (Lipinski definition) is 3. The second kappa shape index (κ2) is 4.49. The fourth-order valence-corrected chi connectivity index (χ4v) is 2.09. The van der Waals surface area contributed by atoms with Crippen molar-refractivity contribution in [1.82, 2.24) is 9.78 Å². The SMILES string of the molecule is CC1(C)Oc2cc(-c3cnn(C(F)(F)F)c3)ccc2NC1=O. The fraction of sp³-hybridized carbons (Fsp3) is 0.286. The molecule has 0 fully saturated rings. The third-order valence-electron chi connectivity index (χ3n) is 3.32. The van der Waals surface area contributed by atoms with Crippen LogP contribution in [0.25, 0.3) is 11.1 Å². The van der Waals surface area contributed by atoms with Gasteiger partial charge in [-0.3, -0.25) is 4.79 Å². The molecule has 1 N–H and O–H groups in total. The van der Waals surface area contributed by atoms with Gasteiger partial charge >= 0.3 is 6.30 Å². The smallest absolute Gasteiger partial charge is 0.476 e. The molecule has 0 atom stereocenters. The van der Waals surface area contributed by atoms with Gasteiger partial charge in [0.2, 0.25) is 0 Å². The molecule has 0 radical (unpaired) electrons. The van der Waals surface area contributed by atoms with E-state index in [2.05, 4.69) is 10.4 Å². The Morgan fingerprint density at radius 1 is 1.27 bits per heavy atom. The molecular formula is C14H12F3N3O2. The zero-order valence-electron chi connectivity index (χ0n) is 11.7. The quantitative estimate of drug-likeness (QED) is 0.880. The number of aromatic nitrogens is 2. The van der Waals surface area contributed by atoms with Crippen LogP contribution in [0.5, 0.6) is 5.75 Å². The number of fused-ring (bicyclic) bond motifs is 1. The minimum absolute atomic E-state index is 0.0612. The van der Waals surface area contributed by atoms with Crippen LogP contribution in [0, 0.1) is 0 Å². The summed E-state index contributed by atoms with van der Waals surface area (Å²) < 4.78 is 43.2. The Hall–Kier alpha value is -2.51. The second-order valence-corrected chi connectivity index (χ2v) is 5.42. The van der Waals surface area contributed by atoms with E-state index in [0.717, 1.165) is 12.4 Å². The Bertz CT molecular complexity index is 750. The maximum Gasteiger partial charge on any atom is 0.504 e. The minimum atomic E-state index is -4.56. The monoisotopic (exact) mass is 311 g/mol. The third-order valence-corrected chi connectivity index (χ3v) is 3.32. The zero-order valence-corrected chi connectivity index (χ0v) is 11.7. The molecule has 5 nitrogen and oxygen atoms in total. The molecule has 0 saturated heterocycles. The number of halogens is 3. The van der Waals surface area contributed by atoms with Crippen LogP contribution in [-0.2, 0) is 11.1 Å². The predicted octanol–water partition coefficient (Wildman–Crippen LogP) is 3.14. The van der Waals surface area contributed by atoms with E-state index in [-0.39, 0.29) is 10.6 Å². The van der Waals surface area contributed by atoms with Gasteiger partial charge in [-0.2, -0.15) is 9.78 Å². The highest BCUT2D eigenvalue weighted by Crippen LogP contribution is 2.37. The highest BCUT2D eigenvalue weighted by Gasteiger charge is 2.35. The van der Waals surface area contributed by atoms with Crippen LogP contribution in [0.4, 0.5) is 18.9 Å². The van der Waals surface area contributed by atoms with Crippen molar-refractivity contribution < 1.29 is 22.7 Å². The van der Waals surface area contributed by atoms with Crippen molar-refractivity contribution in [1.29, 1.82) is 0 Å². The first kappa shape index (κ1) is 14.4. The van der Waals surface area contributed by atoms with Crippen LogP contribution in [0.2, 0.25) is 0 Å². The summed E-state index contributed by atoms with van der Waals surface area (Å²) in [6.45, 7) is 3.22. The van der Waals surface area contributed by atoms with E-state index in [9.17, 15) is 18.0 Å². The molecule has 0 aliphatic carbocycles. The lowest BCUT2D eigenvalue weighted by atomic mass is 10.0. The number of alkyl halides is 3. The molecule has 3 rings (SSSR count). The summed E-state index contributed by atoms with van der Waals surface area (Å²) in [5, 5.41) is 5.99. The van der Waals surface area contributed by atoms with Gasteiger partial charge in [-0.05, 0) is 31.5 Å². The van der Waals surface area contributed by atoms with Crippen LogP contribution < -0.4 is 10.1 Å². The molecule has 22 heavy (non-hydrogen) atoms. The van der Waals surface area contributed by atoms with E-state index >= 15 is 0 Å². The van der Waals surface area contributed by atoms with E-state index in [1.165, 1.54) is 0 Å². The molecule has 1 aliphatic rings. The zero-order chi connectivity index (χ0) is 16.1. The average molecular weight is 311 g/mol. The normalized spacial score (nSPS) is 16.7. The number of ether oxygens (including phenoxy) is 1. The topological polar surface area (TPSA) is 56.1 Å².